The van der Waals surface area contributed by atoms with Crippen LogP contribution in [-0.2, 0) is 19.1 Å². The number of rotatable bonds is 16. The zero-order valence-corrected chi connectivity index (χ0v) is 23.5. The molecule has 1 saturated carbocycles. The third kappa shape index (κ3) is 9.40. The first kappa shape index (κ1) is 30.1. The Morgan fingerprint density at radius 2 is 1.71 bits per heavy atom. The summed E-state index contributed by atoms with van der Waals surface area (Å²) in [6, 6.07) is 7.60. The maximum Gasteiger partial charge on any atom is 0.278 e. The summed E-state index contributed by atoms with van der Waals surface area (Å²) in [6.45, 7) is 4.69. The van der Waals surface area contributed by atoms with Gasteiger partial charge in [0.2, 0.25) is 5.91 Å². The number of hydrogen-bond acceptors (Lipinski definition) is 6. The standard InChI is InChI=1S/C29H42ClN3O5/c1-22-32-27(21-23-7-13-26(36-2)14-8-23)29(35)33(22)25-11-9-24(10-12-25)28(34)31-16-18-38-20-19-37-17-6-4-3-5-15-30/h7-8,13-14,21,24-25H,3-6,9-12,15-20H2,1-2H3,(H,31,34)/b27-21-. The molecule has 1 N–H and O–H groups in total. The molecule has 0 unspecified atom stereocenters. The summed E-state index contributed by atoms with van der Waals surface area (Å²) in [5.41, 5.74) is 1.35. The summed E-state index contributed by atoms with van der Waals surface area (Å²) in [4.78, 5) is 32.1. The molecule has 0 bridgehead atoms. The fourth-order valence-corrected chi connectivity index (χ4v) is 5.08. The number of methoxy groups -OCH3 is 1. The Balaban J connectivity index is 1.30. The summed E-state index contributed by atoms with van der Waals surface area (Å²) >= 11 is 5.66. The molecule has 210 valence electrons. The molecule has 1 heterocycles. The van der Waals surface area contributed by atoms with Gasteiger partial charge in [0.05, 0.1) is 26.9 Å². The van der Waals surface area contributed by atoms with Crippen molar-refractivity contribution < 1.29 is 23.8 Å². The summed E-state index contributed by atoms with van der Waals surface area (Å²) in [5.74, 6) is 2.18. The molecular formula is C29H42ClN3O5. The number of halogens is 1. The van der Waals surface area contributed by atoms with Crippen molar-refractivity contribution in [2.75, 3.05) is 46.0 Å². The van der Waals surface area contributed by atoms with Crippen molar-refractivity contribution in [3.8, 4) is 5.75 Å². The Bertz CT molecular complexity index is 942. The highest BCUT2D eigenvalue weighted by molar-refractivity contribution is 6.17. The summed E-state index contributed by atoms with van der Waals surface area (Å²) < 4.78 is 16.3. The Hall–Kier alpha value is -2.42. The van der Waals surface area contributed by atoms with E-state index in [0.29, 0.717) is 32.1 Å². The highest BCUT2D eigenvalue weighted by Gasteiger charge is 2.37. The molecule has 0 atom stereocenters. The van der Waals surface area contributed by atoms with Crippen molar-refractivity contribution >= 4 is 35.3 Å². The van der Waals surface area contributed by atoms with Crippen molar-refractivity contribution in [3.63, 3.8) is 0 Å². The highest BCUT2D eigenvalue weighted by atomic mass is 35.5. The SMILES string of the molecule is COc1ccc(/C=C2\N=C(C)N(C3CCC(C(=O)NCCOCCOCCCCCCCl)CC3)C2=O)cc1. The van der Waals surface area contributed by atoms with Crippen LogP contribution in [0.3, 0.4) is 0 Å². The van der Waals surface area contributed by atoms with Gasteiger partial charge in [0.25, 0.3) is 5.91 Å². The molecular weight excluding hydrogens is 506 g/mol. The van der Waals surface area contributed by atoms with E-state index < -0.39 is 0 Å². The second kappa shape index (κ2) is 16.5. The minimum atomic E-state index is -0.0707. The number of amides is 2. The molecule has 3 rings (SSSR count). The number of carbonyl (C=O) groups excluding carboxylic acids is 2. The van der Waals surface area contributed by atoms with Crippen LogP contribution < -0.4 is 10.1 Å². The van der Waals surface area contributed by atoms with Crippen LogP contribution in [0.15, 0.2) is 35.0 Å². The third-order valence-corrected chi connectivity index (χ3v) is 7.28. The second-order valence-electron chi connectivity index (χ2n) is 9.76. The molecule has 2 aliphatic rings. The van der Waals surface area contributed by atoms with Crippen molar-refractivity contribution in [2.24, 2.45) is 10.9 Å². The van der Waals surface area contributed by atoms with Crippen LogP contribution in [0.2, 0.25) is 0 Å². The second-order valence-corrected chi connectivity index (χ2v) is 10.1. The number of hydrogen-bond donors (Lipinski definition) is 1. The average Bonchev–Trinajstić information content (AvgIpc) is 3.21. The van der Waals surface area contributed by atoms with E-state index in [1.807, 2.05) is 37.3 Å². The average molecular weight is 548 g/mol. The van der Waals surface area contributed by atoms with E-state index >= 15 is 0 Å². The summed E-state index contributed by atoms with van der Waals surface area (Å²) in [5, 5.41) is 2.99. The van der Waals surface area contributed by atoms with Crippen LogP contribution in [0.5, 0.6) is 5.75 Å². The van der Waals surface area contributed by atoms with E-state index in [0.717, 1.165) is 81.0 Å². The Morgan fingerprint density at radius 3 is 2.39 bits per heavy atom. The highest BCUT2D eigenvalue weighted by Crippen LogP contribution is 2.31. The van der Waals surface area contributed by atoms with Gasteiger partial charge in [-0.05, 0) is 69.2 Å². The molecule has 1 fully saturated rings. The van der Waals surface area contributed by atoms with Crippen LogP contribution in [0.25, 0.3) is 6.08 Å². The fraction of sp³-hybridized carbons (Fsp3) is 0.621. The molecule has 38 heavy (non-hydrogen) atoms. The zero-order chi connectivity index (χ0) is 27.2. The van der Waals surface area contributed by atoms with Gasteiger partial charge in [-0.25, -0.2) is 4.99 Å². The predicted molar refractivity (Wildman–Crippen MR) is 151 cm³/mol. The lowest BCUT2D eigenvalue weighted by molar-refractivity contribution is -0.127. The van der Waals surface area contributed by atoms with Gasteiger partial charge in [0, 0.05) is 31.0 Å². The fourth-order valence-electron chi connectivity index (χ4n) is 4.89. The lowest BCUT2D eigenvalue weighted by Gasteiger charge is -2.33. The lowest BCUT2D eigenvalue weighted by Crippen LogP contribution is -2.44. The van der Waals surface area contributed by atoms with Crippen LogP contribution in [0.1, 0.15) is 63.9 Å². The van der Waals surface area contributed by atoms with E-state index in [1.165, 1.54) is 0 Å². The minimum Gasteiger partial charge on any atom is -0.497 e. The molecule has 1 aliphatic heterocycles. The number of nitrogens with one attached hydrogen (secondary N) is 1. The number of carbonyl (C=O) groups is 2. The van der Waals surface area contributed by atoms with Crippen LogP contribution in [0.4, 0.5) is 0 Å². The van der Waals surface area contributed by atoms with Crippen LogP contribution in [0, 0.1) is 5.92 Å². The first-order chi connectivity index (χ1) is 18.5. The van der Waals surface area contributed by atoms with Gasteiger partial charge < -0.3 is 19.5 Å². The van der Waals surface area contributed by atoms with E-state index in [1.54, 1.807) is 12.0 Å². The molecule has 1 aromatic rings. The van der Waals surface area contributed by atoms with Crippen molar-refractivity contribution in [1.29, 1.82) is 0 Å². The molecule has 2 amide bonds. The number of unbranched alkanes of at least 4 members (excludes halogenated alkanes) is 3. The van der Waals surface area contributed by atoms with Gasteiger partial charge >= 0.3 is 0 Å². The van der Waals surface area contributed by atoms with E-state index in [-0.39, 0.29) is 23.8 Å². The molecule has 0 aromatic heterocycles. The van der Waals surface area contributed by atoms with Gasteiger partial charge in [-0.15, -0.1) is 11.6 Å². The Labute approximate surface area is 231 Å². The molecule has 0 saturated heterocycles. The van der Waals surface area contributed by atoms with Crippen molar-refractivity contribution in [3.05, 3.63) is 35.5 Å². The minimum absolute atomic E-state index is 0.0300. The molecule has 0 radical (unpaired) electrons. The van der Waals surface area contributed by atoms with Gasteiger partial charge in [-0.3, -0.25) is 14.5 Å². The largest absolute Gasteiger partial charge is 0.497 e. The van der Waals surface area contributed by atoms with Crippen molar-refractivity contribution in [2.45, 2.75) is 64.3 Å². The quantitative estimate of drug-likeness (QED) is 0.182. The van der Waals surface area contributed by atoms with Crippen LogP contribution in [-0.4, -0.2) is 74.6 Å². The molecule has 0 spiro atoms. The maximum atomic E-state index is 13.1. The van der Waals surface area contributed by atoms with Gasteiger partial charge in [0.1, 0.15) is 17.3 Å². The summed E-state index contributed by atoms with van der Waals surface area (Å²) in [7, 11) is 1.62. The van der Waals surface area contributed by atoms with Gasteiger partial charge in [0.15, 0.2) is 0 Å². The number of ether oxygens (including phenoxy) is 3. The Morgan fingerprint density at radius 1 is 1.03 bits per heavy atom. The van der Waals surface area contributed by atoms with E-state index in [2.05, 4.69) is 10.3 Å². The van der Waals surface area contributed by atoms with E-state index in [9.17, 15) is 9.59 Å². The van der Waals surface area contributed by atoms with Gasteiger partial charge in [-0.1, -0.05) is 25.0 Å². The lowest BCUT2D eigenvalue weighted by atomic mass is 9.84. The van der Waals surface area contributed by atoms with Crippen LogP contribution >= 0.6 is 11.6 Å². The topological polar surface area (TPSA) is 89.5 Å². The molecule has 1 aromatic carbocycles. The summed E-state index contributed by atoms with van der Waals surface area (Å²) in [6.07, 6.45) is 9.30. The number of benzene rings is 1. The molecule has 9 heteroatoms. The molecule has 1 aliphatic carbocycles. The third-order valence-electron chi connectivity index (χ3n) is 7.01. The predicted octanol–water partition coefficient (Wildman–Crippen LogP) is 4.80. The first-order valence-electron chi connectivity index (χ1n) is 13.8. The molecule has 8 nitrogen and oxygen atoms in total. The number of amidine groups is 1. The maximum absolute atomic E-state index is 13.1. The smallest absolute Gasteiger partial charge is 0.278 e. The number of aliphatic imine (C=N–C) groups is 1. The van der Waals surface area contributed by atoms with Gasteiger partial charge in [-0.2, -0.15) is 0 Å². The monoisotopic (exact) mass is 547 g/mol. The van der Waals surface area contributed by atoms with Crippen molar-refractivity contribution in [1.82, 2.24) is 10.2 Å². The normalized spacial score (nSPS) is 20.6. The Kier molecular flexibility index (Phi) is 13.1. The first-order valence-corrected chi connectivity index (χ1v) is 14.3. The zero-order valence-electron chi connectivity index (χ0n) is 22.8. The number of nitrogens with zero attached hydrogens (tertiary/aromatic N) is 2. The number of alkyl halides is 1. The van der Waals surface area contributed by atoms with E-state index in [4.69, 9.17) is 25.8 Å².